The predicted molar refractivity (Wildman–Crippen MR) is 90.1 cm³/mol. The Bertz CT molecular complexity index is 604. The highest BCUT2D eigenvalue weighted by Gasteiger charge is 2.02. The monoisotopic (exact) mass is 299 g/mol. The summed E-state index contributed by atoms with van der Waals surface area (Å²) in [5, 5.41) is 0. The van der Waals surface area contributed by atoms with E-state index in [1.807, 2.05) is 25.1 Å². The fourth-order valence-electron chi connectivity index (χ4n) is 2.55. The van der Waals surface area contributed by atoms with Crippen LogP contribution in [0, 0.1) is 6.92 Å². The maximum atomic E-state index is 11.7. The summed E-state index contributed by atoms with van der Waals surface area (Å²) >= 11 is 0. The normalized spacial score (nSPS) is 10.8. The summed E-state index contributed by atoms with van der Waals surface area (Å²) in [7, 11) is 0. The SMILES string of the molecule is Cc1[nH]ccc(=O)c1CCCCCCOCc1ccccc1. The van der Waals surface area contributed by atoms with E-state index in [2.05, 4.69) is 17.1 Å². The second-order valence-electron chi connectivity index (χ2n) is 5.65. The third-order valence-electron chi connectivity index (χ3n) is 3.86. The summed E-state index contributed by atoms with van der Waals surface area (Å²) in [5.41, 5.74) is 3.31. The second kappa shape index (κ2) is 9.21. The van der Waals surface area contributed by atoms with Crippen molar-refractivity contribution in [2.75, 3.05) is 6.61 Å². The minimum absolute atomic E-state index is 0.155. The van der Waals surface area contributed by atoms with Gasteiger partial charge in [0.05, 0.1) is 6.61 Å². The molecule has 0 atom stereocenters. The Labute approximate surface area is 132 Å². The molecule has 1 N–H and O–H groups in total. The number of pyridine rings is 1. The molecule has 0 amide bonds. The molecule has 0 unspecified atom stereocenters. The molecule has 0 fully saturated rings. The van der Waals surface area contributed by atoms with Gasteiger partial charge in [0, 0.05) is 30.1 Å². The average Bonchev–Trinajstić information content (AvgIpc) is 2.53. The van der Waals surface area contributed by atoms with Crippen LogP contribution in [0.4, 0.5) is 0 Å². The lowest BCUT2D eigenvalue weighted by molar-refractivity contribution is 0.116. The molecular weight excluding hydrogens is 274 g/mol. The van der Waals surface area contributed by atoms with Gasteiger partial charge in [-0.3, -0.25) is 4.79 Å². The van der Waals surface area contributed by atoms with E-state index >= 15 is 0 Å². The lowest BCUT2D eigenvalue weighted by atomic mass is 10.0. The molecule has 0 aliphatic carbocycles. The minimum Gasteiger partial charge on any atom is -0.377 e. The first kappa shape index (κ1) is 16.5. The number of hydrogen-bond donors (Lipinski definition) is 1. The quantitative estimate of drug-likeness (QED) is 0.711. The molecule has 3 nitrogen and oxygen atoms in total. The molecule has 22 heavy (non-hydrogen) atoms. The van der Waals surface area contributed by atoms with Gasteiger partial charge in [-0.15, -0.1) is 0 Å². The molecule has 1 aromatic carbocycles. The predicted octanol–water partition coefficient (Wildman–Crippen LogP) is 4.00. The van der Waals surface area contributed by atoms with Crippen LogP contribution in [0.25, 0.3) is 0 Å². The molecular formula is C19H25NO2. The van der Waals surface area contributed by atoms with Crippen LogP contribution in [0.2, 0.25) is 0 Å². The summed E-state index contributed by atoms with van der Waals surface area (Å²) < 4.78 is 5.67. The molecule has 2 rings (SSSR count). The van der Waals surface area contributed by atoms with E-state index in [1.54, 1.807) is 12.3 Å². The van der Waals surface area contributed by atoms with Gasteiger partial charge in [0.25, 0.3) is 0 Å². The molecule has 2 aromatic rings. The summed E-state index contributed by atoms with van der Waals surface area (Å²) in [6, 6.07) is 11.9. The van der Waals surface area contributed by atoms with Crippen LogP contribution in [-0.4, -0.2) is 11.6 Å². The van der Waals surface area contributed by atoms with Crippen molar-refractivity contribution in [1.29, 1.82) is 0 Å². The van der Waals surface area contributed by atoms with Crippen molar-refractivity contribution in [2.24, 2.45) is 0 Å². The molecule has 3 heteroatoms. The summed E-state index contributed by atoms with van der Waals surface area (Å²) in [6.07, 6.45) is 7.02. The third kappa shape index (κ3) is 5.49. The van der Waals surface area contributed by atoms with Gasteiger partial charge in [-0.1, -0.05) is 43.2 Å². The minimum atomic E-state index is 0.155. The van der Waals surface area contributed by atoms with Crippen molar-refractivity contribution in [3.8, 4) is 0 Å². The van der Waals surface area contributed by atoms with Crippen LogP contribution < -0.4 is 5.43 Å². The fourth-order valence-corrected chi connectivity index (χ4v) is 2.55. The number of aryl methyl sites for hydroxylation is 1. The van der Waals surface area contributed by atoms with Crippen LogP contribution in [0.15, 0.2) is 47.4 Å². The van der Waals surface area contributed by atoms with Gasteiger partial charge < -0.3 is 9.72 Å². The molecule has 0 saturated carbocycles. The van der Waals surface area contributed by atoms with Gasteiger partial charge in [-0.2, -0.15) is 0 Å². The Balaban J connectivity index is 1.54. The molecule has 1 heterocycles. The molecule has 0 spiro atoms. The number of benzene rings is 1. The maximum absolute atomic E-state index is 11.7. The van der Waals surface area contributed by atoms with Crippen molar-refractivity contribution in [1.82, 2.24) is 4.98 Å². The van der Waals surface area contributed by atoms with Crippen LogP contribution in [0.3, 0.4) is 0 Å². The fraction of sp³-hybridized carbons (Fsp3) is 0.421. The number of H-pyrrole nitrogens is 1. The Morgan fingerprint density at radius 2 is 1.77 bits per heavy atom. The van der Waals surface area contributed by atoms with Crippen LogP contribution in [0.5, 0.6) is 0 Å². The Morgan fingerprint density at radius 1 is 1.00 bits per heavy atom. The van der Waals surface area contributed by atoms with Gasteiger partial charge in [-0.25, -0.2) is 0 Å². The van der Waals surface area contributed by atoms with E-state index in [1.165, 1.54) is 5.56 Å². The molecule has 0 bridgehead atoms. The number of rotatable bonds is 9. The molecule has 118 valence electrons. The van der Waals surface area contributed by atoms with Crippen LogP contribution in [-0.2, 0) is 17.8 Å². The Morgan fingerprint density at radius 3 is 2.55 bits per heavy atom. The summed E-state index contributed by atoms with van der Waals surface area (Å²) in [6.45, 7) is 3.47. The highest BCUT2D eigenvalue weighted by molar-refractivity contribution is 5.18. The van der Waals surface area contributed by atoms with E-state index in [9.17, 15) is 4.79 Å². The molecule has 0 radical (unpaired) electrons. The first-order valence-corrected chi connectivity index (χ1v) is 8.06. The highest BCUT2D eigenvalue weighted by Crippen LogP contribution is 2.08. The van der Waals surface area contributed by atoms with Crippen LogP contribution in [0.1, 0.15) is 42.5 Å². The van der Waals surface area contributed by atoms with E-state index in [4.69, 9.17) is 4.74 Å². The van der Waals surface area contributed by atoms with E-state index in [0.717, 1.165) is 50.0 Å². The molecule has 0 saturated heterocycles. The van der Waals surface area contributed by atoms with Gasteiger partial charge in [0.1, 0.15) is 0 Å². The van der Waals surface area contributed by atoms with E-state index in [-0.39, 0.29) is 5.43 Å². The van der Waals surface area contributed by atoms with Crippen molar-refractivity contribution >= 4 is 0 Å². The largest absolute Gasteiger partial charge is 0.377 e. The number of unbranched alkanes of at least 4 members (excludes halogenated alkanes) is 3. The molecule has 0 aliphatic rings. The molecule has 1 aromatic heterocycles. The lowest BCUT2D eigenvalue weighted by Gasteiger charge is -2.06. The third-order valence-corrected chi connectivity index (χ3v) is 3.86. The zero-order valence-corrected chi connectivity index (χ0v) is 13.3. The highest BCUT2D eigenvalue weighted by atomic mass is 16.5. The standard InChI is InChI=1S/C19H25NO2/c1-16-18(19(21)12-13-20-16)11-7-2-3-8-14-22-15-17-9-5-4-6-10-17/h4-6,9-10,12-13H,2-3,7-8,11,14-15H2,1H3,(H,20,21). The Kier molecular flexibility index (Phi) is 6.91. The number of hydrogen-bond acceptors (Lipinski definition) is 2. The summed E-state index contributed by atoms with van der Waals surface area (Å²) in [5.74, 6) is 0. The number of nitrogens with one attached hydrogen (secondary N) is 1. The van der Waals surface area contributed by atoms with E-state index in [0.29, 0.717) is 6.61 Å². The van der Waals surface area contributed by atoms with Gasteiger partial charge >= 0.3 is 0 Å². The number of aromatic amines is 1. The van der Waals surface area contributed by atoms with Gasteiger partial charge in [0.15, 0.2) is 5.43 Å². The smallest absolute Gasteiger partial charge is 0.184 e. The van der Waals surface area contributed by atoms with Crippen molar-refractivity contribution < 1.29 is 4.74 Å². The first-order valence-electron chi connectivity index (χ1n) is 8.06. The lowest BCUT2D eigenvalue weighted by Crippen LogP contribution is -2.10. The molecule has 0 aliphatic heterocycles. The maximum Gasteiger partial charge on any atom is 0.184 e. The van der Waals surface area contributed by atoms with Crippen LogP contribution >= 0.6 is 0 Å². The zero-order chi connectivity index (χ0) is 15.6. The average molecular weight is 299 g/mol. The van der Waals surface area contributed by atoms with E-state index < -0.39 is 0 Å². The first-order chi connectivity index (χ1) is 10.8. The van der Waals surface area contributed by atoms with Crippen molar-refractivity contribution in [3.05, 3.63) is 69.6 Å². The number of ether oxygens (including phenoxy) is 1. The van der Waals surface area contributed by atoms with Crippen molar-refractivity contribution in [3.63, 3.8) is 0 Å². The second-order valence-corrected chi connectivity index (χ2v) is 5.65. The van der Waals surface area contributed by atoms with Crippen molar-refractivity contribution in [2.45, 2.75) is 45.6 Å². The van der Waals surface area contributed by atoms with Gasteiger partial charge in [-0.05, 0) is 31.7 Å². The topological polar surface area (TPSA) is 42.1 Å². The summed E-state index contributed by atoms with van der Waals surface area (Å²) in [4.78, 5) is 14.8. The zero-order valence-electron chi connectivity index (χ0n) is 13.3. The van der Waals surface area contributed by atoms with Gasteiger partial charge in [0.2, 0.25) is 0 Å². The number of aromatic nitrogens is 1. The Hall–Kier alpha value is -1.87.